The van der Waals surface area contributed by atoms with Crippen molar-refractivity contribution in [2.75, 3.05) is 10.6 Å². The molecule has 3 rings (SSSR count). The van der Waals surface area contributed by atoms with Gasteiger partial charge in [-0.2, -0.15) is 0 Å². The van der Waals surface area contributed by atoms with Crippen molar-refractivity contribution in [2.24, 2.45) is 5.41 Å². The van der Waals surface area contributed by atoms with Crippen LogP contribution in [0.1, 0.15) is 26.6 Å². The van der Waals surface area contributed by atoms with Crippen molar-refractivity contribution < 1.29 is 14.7 Å². The second kappa shape index (κ2) is 9.41. The lowest BCUT2D eigenvalue weighted by molar-refractivity contribution is -0.123. The topological polar surface area (TPSA) is 126 Å². The summed E-state index contributed by atoms with van der Waals surface area (Å²) < 4.78 is 1.20. The fraction of sp³-hybridized carbons (Fsp3) is 0.261. The first-order chi connectivity index (χ1) is 15.5. The molecule has 0 unspecified atom stereocenters. The molecular formula is C23H24ClN5O4. The lowest BCUT2D eigenvalue weighted by atomic mass is 9.95. The van der Waals surface area contributed by atoms with Crippen LogP contribution >= 0.6 is 11.6 Å². The van der Waals surface area contributed by atoms with E-state index in [9.17, 15) is 19.5 Å². The van der Waals surface area contributed by atoms with Crippen LogP contribution in [-0.2, 0) is 16.1 Å². The van der Waals surface area contributed by atoms with Crippen LogP contribution in [0.4, 0.5) is 11.4 Å². The number of hydrogen-bond donors (Lipinski definition) is 3. The maximum Gasteiger partial charge on any atom is 0.254 e. The third kappa shape index (κ3) is 5.75. The maximum absolute atomic E-state index is 12.8. The Morgan fingerprint density at radius 3 is 2.48 bits per heavy atom. The van der Waals surface area contributed by atoms with Crippen LogP contribution < -0.4 is 16.2 Å². The van der Waals surface area contributed by atoms with Gasteiger partial charge >= 0.3 is 0 Å². The van der Waals surface area contributed by atoms with Crippen LogP contribution in [0.15, 0.2) is 47.4 Å². The number of pyridine rings is 1. The van der Waals surface area contributed by atoms with Gasteiger partial charge in [-0.25, -0.2) is 9.97 Å². The summed E-state index contributed by atoms with van der Waals surface area (Å²) in [7, 11) is 0. The molecule has 0 bridgehead atoms. The van der Waals surface area contributed by atoms with Crippen molar-refractivity contribution in [3.05, 3.63) is 63.8 Å². The lowest BCUT2D eigenvalue weighted by Crippen LogP contribution is -2.30. The Kier molecular flexibility index (Phi) is 6.83. The zero-order valence-electron chi connectivity index (χ0n) is 18.6. The number of benzene rings is 1. The van der Waals surface area contributed by atoms with Gasteiger partial charge in [0.25, 0.3) is 5.56 Å². The SMILES string of the molecule is Cc1nc(-c2ccc(Cl)cc2NC(=O)C(C)(C)C)cc(=O)n1CC(=O)Nc1cccnc1O. The molecule has 0 aliphatic heterocycles. The van der Waals surface area contributed by atoms with Gasteiger partial charge in [0, 0.05) is 28.3 Å². The smallest absolute Gasteiger partial charge is 0.254 e. The van der Waals surface area contributed by atoms with Gasteiger partial charge in [-0.05, 0) is 37.3 Å². The highest BCUT2D eigenvalue weighted by Gasteiger charge is 2.23. The first kappa shape index (κ1) is 23.9. The number of nitrogens with one attached hydrogen (secondary N) is 2. The first-order valence-corrected chi connectivity index (χ1v) is 10.5. The van der Waals surface area contributed by atoms with E-state index in [1.807, 2.05) is 0 Å². The van der Waals surface area contributed by atoms with Crippen LogP contribution in [0.5, 0.6) is 5.88 Å². The number of halogens is 1. The van der Waals surface area contributed by atoms with Crippen LogP contribution in [0.3, 0.4) is 0 Å². The highest BCUT2D eigenvalue weighted by molar-refractivity contribution is 6.31. The highest BCUT2D eigenvalue weighted by Crippen LogP contribution is 2.30. The number of nitrogens with zero attached hydrogens (tertiary/aromatic N) is 3. The summed E-state index contributed by atoms with van der Waals surface area (Å²) in [6.45, 7) is 6.65. The number of hydrogen-bond acceptors (Lipinski definition) is 6. The van der Waals surface area contributed by atoms with E-state index in [1.165, 1.54) is 22.9 Å². The predicted octanol–water partition coefficient (Wildman–Crippen LogP) is 3.60. The Bertz CT molecular complexity index is 1280. The zero-order valence-corrected chi connectivity index (χ0v) is 19.4. The van der Waals surface area contributed by atoms with E-state index in [1.54, 1.807) is 52.0 Å². The summed E-state index contributed by atoms with van der Waals surface area (Å²) in [6, 6.07) is 9.25. The van der Waals surface area contributed by atoms with Gasteiger partial charge in [0.1, 0.15) is 18.1 Å². The third-order valence-corrected chi connectivity index (χ3v) is 4.98. The summed E-state index contributed by atoms with van der Waals surface area (Å²) in [5, 5.41) is 15.5. The number of carbonyl (C=O) groups is 2. The number of aryl methyl sites for hydroxylation is 1. The molecular weight excluding hydrogens is 446 g/mol. The number of rotatable bonds is 5. The van der Waals surface area contributed by atoms with E-state index in [2.05, 4.69) is 20.6 Å². The standard InChI is InChI=1S/C23H24ClN5O4/c1-13-26-18(15-8-7-14(24)10-17(15)28-22(33)23(2,3)4)11-20(31)29(13)12-19(30)27-16-6-5-9-25-21(16)32/h5-11H,12H2,1-4H3,(H,25,32)(H,27,30)(H,28,33). The van der Waals surface area contributed by atoms with Crippen LogP contribution in [0.25, 0.3) is 11.3 Å². The van der Waals surface area contributed by atoms with Crippen molar-refractivity contribution >= 4 is 34.8 Å². The van der Waals surface area contributed by atoms with Crippen molar-refractivity contribution in [3.63, 3.8) is 0 Å². The molecule has 0 saturated heterocycles. The average Bonchev–Trinajstić information content (AvgIpc) is 2.71. The molecule has 0 radical (unpaired) electrons. The van der Waals surface area contributed by atoms with Crippen molar-refractivity contribution in [1.82, 2.24) is 14.5 Å². The summed E-state index contributed by atoms with van der Waals surface area (Å²) >= 11 is 6.12. The molecule has 0 aliphatic rings. The van der Waals surface area contributed by atoms with Crippen molar-refractivity contribution in [3.8, 4) is 17.1 Å². The summed E-state index contributed by atoms with van der Waals surface area (Å²) in [5.74, 6) is -0.767. The largest absolute Gasteiger partial charge is 0.492 e. The molecule has 3 N–H and O–H groups in total. The molecule has 3 aromatic rings. The van der Waals surface area contributed by atoms with Gasteiger partial charge in [0.05, 0.1) is 11.4 Å². The molecule has 9 nitrogen and oxygen atoms in total. The number of carbonyl (C=O) groups excluding carboxylic acids is 2. The van der Waals surface area contributed by atoms with E-state index in [-0.39, 0.29) is 24.0 Å². The molecule has 2 heterocycles. The van der Waals surface area contributed by atoms with E-state index >= 15 is 0 Å². The van der Waals surface area contributed by atoms with E-state index in [4.69, 9.17) is 11.6 Å². The molecule has 172 valence electrons. The van der Waals surface area contributed by atoms with Crippen molar-refractivity contribution in [2.45, 2.75) is 34.2 Å². The Morgan fingerprint density at radius 1 is 1.12 bits per heavy atom. The molecule has 0 fully saturated rings. The van der Waals surface area contributed by atoms with E-state index < -0.39 is 16.9 Å². The van der Waals surface area contributed by atoms with Gasteiger partial charge < -0.3 is 15.7 Å². The summed E-state index contributed by atoms with van der Waals surface area (Å²) in [5.41, 5.74) is 0.331. The molecule has 2 aromatic heterocycles. The molecule has 0 atom stereocenters. The zero-order chi connectivity index (χ0) is 24.3. The quantitative estimate of drug-likeness (QED) is 0.524. The second-order valence-electron chi connectivity index (χ2n) is 8.43. The Balaban J connectivity index is 1.90. The van der Waals surface area contributed by atoms with Crippen LogP contribution in [0, 0.1) is 12.3 Å². The molecule has 0 saturated carbocycles. The van der Waals surface area contributed by atoms with E-state index in [0.717, 1.165) is 0 Å². The van der Waals surface area contributed by atoms with Gasteiger partial charge in [0.15, 0.2) is 0 Å². The maximum atomic E-state index is 12.8. The van der Waals surface area contributed by atoms with Crippen molar-refractivity contribution in [1.29, 1.82) is 0 Å². The monoisotopic (exact) mass is 469 g/mol. The number of amides is 2. The molecule has 33 heavy (non-hydrogen) atoms. The third-order valence-electron chi connectivity index (χ3n) is 4.75. The Hall–Kier alpha value is -3.72. The average molecular weight is 470 g/mol. The number of anilines is 2. The molecule has 0 aliphatic carbocycles. The molecule has 0 spiro atoms. The summed E-state index contributed by atoms with van der Waals surface area (Å²) in [4.78, 5) is 45.9. The summed E-state index contributed by atoms with van der Waals surface area (Å²) in [6.07, 6.45) is 1.39. The minimum Gasteiger partial charge on any atom is -0.492 e. The minimum atomic E-state index is -0.637. The van der Waals surface area contributed by atoms with Gasteiger partial charge in [-0.3, -0.25) is 19.0 Å². The minimum absolute atomic E-state index is 0.137. The van der Waals surface area contributed by atoms with Gasteiger partial charge in [-0.1, -0.05) is 32.4 Å². The fourth-order valence-corrected chi connectivity index (χ4v) is 3.10. The molecule has 10 heteroatoms. The Labute approximate surface area is 195 Å². The number of aromatic hydroxyl groups is 1. The Morgan fingerprint density at radius 2 is 1.85 bits per heavy atom. The van der Waals surface area contributed by atoms with Crippen LogP contribution in [0.2, 0.25) is 5.02 Å². The van der Waals surface area contributed by atoms with Gasteiger partial charge in [-0.15, -0.1) is 0 Å². The number of aromatic nitrogens is 3. The fourth-order valence-electron chi connectivity index (χ4n) is 2.93. The van der Waals surface area contributed by atoms with Gasteiger partial charge in [0.2, 0.25) is 17.7 Å². The second-order valence-corrected chi connectivity index (χ2v) is 8.87. The predicted molar refractivity (Wildman–Crippen MR) is 126 cm³/mol. The molecule has 2 amide bonds. The van der Waals surface area contributed by atoms with E-state index in [0.29, 0.717) is 27.8 Å². The van der Waals surface area contributed by atoms with Crippen LogP contribution in [-0.4, -0.2) is 31.5 Å². The first-order valence-electron chi connectivity index (χ1n) is 10.1. The lowest BCUT2D eigenvalue weighted by Gasteiger charge is -2.20. The highest BCUT2D eigenvalue weighted by atomic mass is 35.5. The normalized spacial score (nSPS) is 11.2. The molecule has 1 aromatic carbocycles.